The number of nitrogens with zero attached hydrogens (tertiary/aromatic N) is 3. The molecule has 2 aliphatic carbocycles. The van der Waals surface area contributed by atoms with Crippen molar-refractivity contribution in [1.29, 1.82) is 0 Å². The van der Waals surface area contributed by atoms with Crippen LogP contribution < -0.4 is 15.8 Å². The molecule has 14 heteroatoms. The van der Waals surface area contributed by atoms with E-state index in [1.807, 2.05) is 0 Å². The minimum Gasteiger partial charge on any atom is -0.369 e. The van der Waals surface area contributed by atoms with Gasteiger partial charge in [-0.15, -0.1) is 0 Å². The van der Waals surface area contributed by atoms with E-state index in [4.69, 9.17) is 17.3 Å². The minimum absolute atomic E-state index is 0.0568. The van der Waals surface area contributed by atoms with Gasteiger partial charge in [-0.25, -0.2) is 27.4 Å². The molecule has 2 aliphatic rings. The van der Waals surface area contributed by atoms with E-state index in [0.29, 0.717) is 18.4 Å². The van der Waals surface area contributed by atoms with E-state index in [9.17, 15) is 22.5 Å². The second-order valence-corrected chi connectivity index (χ2v) is 11.0. The van der Waals surface area contributed by atoms with Crippen LogP contribution in [0.4, 0.5) is 15.9 Å². The minimum atomic E-state index is -3.73. The van der Waals surface area contributed by atoms with E-state index in [-0.39, 0.29) is 51.8 Å². The number of halogens is 2. The largest absolute Gasteiger partial charge is 0.369 e. The summed E-state index contributed by atoms with van der Waals surface area (Å²) in [5.74, 6) is -2.50. The number of carbonyl (C=O) groups is 1. The number of nitrogens with one attached hydrogen (secondary N) is 2. The van der Waals surface area contributed by atoms with Crippen molar-refractivity contribution >= 4 is 39.0 Å². The molecule has 35 heavy (non-hydrogen) atoms. The van der Waals surface area contributed by atoms with E-state index >= 15 is 0 Å². The molecule has 1 aromatic carbocycles. The average Bonchev–Trinajstić information content (AvgIpc) is 3.38. The van der Waals surface area contributed by atoms with Gasteiger partial charge in [-0.2, -0.15) is 4.98 Å². The Hall–Kier alpha value is -2.90. The monoisotopic (exact) mass is 527 g/mol. The molecule has 188 valence electrons. The zero-order valence-corrected chi connectivity index (χ0v) is 20.3. The Labute approximate surface area is 206 Å². The SMILES string of the molecule is CO[N+](=O)c1cccc(CS(=O)(=O)NCC2CC3CC2C(Nc2nc(Cl)ncc2F)C3C(N)=O)c1. The number of fused-ring (bicyclic) bond motifs is 2. The summed E-state index contributed by atoms with van der Waals surface area (Å²) in [5, 5.41) is 2.82. The van der Waals surface area contributed by atoms with Crippen LogP contribution in [0.25, 0.3) is 0 Å². The molecular weight excluding hydrogens is 503 g/mol. The summed E-state index contributed by atoms with van der Waals surface area (Å²) in [4.78, 5) is 36.1. The summed E-state index contributed by atoms with van der Waals surface area (Å²) in [6, 6.07) is 5.59. The van der Waals surface area contributed by atoms with Crippen LogP contribution in [0.3, 0.4) is 0 Å². The number of hydrogen-bond acceptors (Lipinski definition) is 8. The highest BCUT2D eigenvalue weighted by molar-refractivity contribution is 7.88. The molecule has 0 aliphatic heterocycles. The van der Waals surface area contributed by atoms with Crippen LogP contribution in [0.15, 0.2) is 30.5 Å². The van der Waals surface area contributed by atoms with Gasteiger partial charge in [0.1, 0.15) is 0 Å². The zero-order chi connectivity index (χ0) is 25.3. The van der Waals surface area contributed by atoms with Crippen LogP contribution >= 0.6 is 11.6 Å². The average molecular weight is 528 g/mol. The van der Waals surface area contributed by atoms with E-state index in [1.165, 1.54) is 19.2 Å². The number of rotatable bonds is 10. The molecule has 0 radical (unpaired) electrons. The van der Waals surface area contributed by atoms with E-state index in [2.05, 4.69) is 24.8 Å². The summed E-state index contributed by atoms with van der Waals surface area (Å²) < 4.78 is 42.3. The summed E-state index contributed by atoms with van der Waals surface area (Å²) in [7, 11) is -2.51. The Morgan fingerprint density at radius 3 is 2.86 bits per heavy atom. The topological polar surface area (TPSA) is 156 Å². The molecule has 4 N–H and O–H groups in total. The molecule has 11 nitrogen and oxygen atoms in total. The van der Waals surface area contributed by atoms with Crippen LogP contribution in [0, 0.1) is 34.4 Å². The Bertz CT molecular complexity index is 1250. The first-order valence-corrected chi connectivity index (χ1v) is 12.9. The molecule has 2 fully saturated rings. The van der Waals surface area contributed by atoms with E-state index in [1.54, 1.807) is 12.1 Å². The predicted molar refractivity (Wildman–Crippen MR) is 124 cm³/mol. The van der Waals surface area contributed by atoms with Crippen LogP contribution in [0.2, 0.25) is 5.28 Å². The quantitative estimate of drug-likeness (QED) is 0.312. The van der Waals surface area contributed by atoms with E-state index in [0.717, 1.165) is 6.20 Å². The van der Waals surface area contributed by atoms with Crippen LogP contribution in [0.1, 0.15) is 18.4 Å². The fourth-order valence-electron chi connectivity index (χ4n) is 5.31. The standard InChI is InChI=1S/C21H24ClFN6O5S/c1-34-29(31)14-4-2-3-11(5-14)10-35(32,33)26-8-13-6-12-7-15(13)18(17(12)19(24)30)27-20-16(23)9-25-21(22)28-20/h2-5,9,12-13,15,17-18,26H,6-8,10H2,1H3,(H2-,24,25,27,28,30)/p+1. The van der Waals surface area contributed by atoms with Gasteiger partial charge in [-0.1, -0.05) is 12.1 Å². The molecule has 2 saturated carbocycles. The number of sulfonamides is 1. The molecule has 4 rings (SSSR count). The van der Waals surface area contributed by atoms with Gasteiger partial charge in [0, 0.05) is 24.7 Å². The number of carbonyl (C=O) groups excluding carboxylic acids is 1. The van der Waals surface area contributed by atoms with Crippen LogP contribution in [0.5, 0.6) is 0 Å². The number of primary amides is 1. The molecule has 5 atom stereocenters. The number of amides is 1. The van der Waals surface area contributed by atoms with Crippen LogP contribution in [-0.2, 0) is 25.4 Å². The van der Waals surface area contributed by atoms with Crippen molar-refractivity contribution in [3.63, 3.8) is 0 Å². The maximum Gasteiger partial charge on any atom is 0.317 e. The van der Waals surface area contributed by atoms with Crippen molar-refractivity contribution in [2.75, 3.05) is 19.0 Å². The highest BCUT2D eigenvalue weighted by Gasteiger charge is 2.55. The van der Waals surface area contributed by atoms with Crippen molar-refractivity contribution in [3.8, 4) is 0 Å². The Morgan fingerprint density at radius 1 is 1.37 bits per heavy atom. The van der Waals surface area contributed by atoms with Gasteiger partial charge in [0.15, 0.2) is 18.7 Å². The Balaban J connectivity index is 1.44. The Morgan fingerprint density at radius 2 is 2.14 bits per heavy atom. The molecule has 5 unspecified atom stereocenters. The van der Waals surface area contributed by atoms with Gasteiger partial charge in [-0.05, 0) is 47.8 Å². The maximum atomic E-state index is 14.2. The number of nitrogens with two attached hydrogens (primary N) is 1. The number of hydrogen-bond donors (Lipinski definition) is 3. The first-order chi connectivity index (χ1) is 16.6. The van der Waals surface area contributed by atoms with Crippen molar-refractivity contribution < 1.29 is 27.4 Å². The molecule has 1 heterocycles. The highest BCUT2D eigenvalue weighted by Crippen LogP contribution is 2.52. The second kappa shape index (κ2) is 9.99. The van der Waals surface area contributed by atoms with Gasteiger partial charge in [0.25, 0.3) is 4.92 Å². The summed E-state index contributed by atoms with van der Waals surface area (Å²) >= 11 is 5.79. The lowest BCUT2D eigenvalue weighted by molar-refractivity contribution is -0.736. The lowest BCUT2D eigenvalue weighted by Crippen LogP contribution is -2.47. The smallest absolute Gasteiger partial charge is 0.317 e. The zero-order valence-electron chi connectivity index (χ0n) is 18.7. The van der Waals surface area contributed by atoms with Crippen molar-refractivity contribution in [1.82, 2.24) is 14.7 Å². The fraction of sp³-hybridized carbons (Fsp3) is 0.476. The first-order valence-electron chi connectivity index (χ1n) is 10.9. The number of aromatic nitrogens is 2. The molecule has 1 aromatic heterocycles. The molecule has 1 amide bonds. The van der Waals surface area contributed by atoms with Crippen molar-refractivity contribution in [3.05, 3.63) is 52.0 Å². The molecule has 0 spiro atoms. The lowest BCUT2D eigenvalue weighted by atomic mass is 9.78. The van der Waals surface area contributed by atoms with Gasteiger partial charge in [0.05, 0.1) is 22.8 Å². The third kappa shape index (κ3) is 5.52. The number of anilines is 1. The van der Waals surface area contributed by atoms with E-state index < -0.39 is 33.7 Å². The second-order valence-electron chi connectivity index (χ2n) is 8.81. The highest BCUT2D eigenvalue weighted by atomic mass is 35.5. The normalized spacial score (nSPS) is 25.4. The van der Waals surface area contributed by atoms with Gasteiger partial charge in [0.2, 0.25) is 21.2 Å². The predicted octanol–water partition coefficient (Wildman–Crippen LogP) is 1.90. The Kier molecular flexibility index (Phi) is 7.20. The first kappa shape index (κ1) is 25.2. The molecule has 2 aromatic rings. The van der Waals surface area contributed by atoms with Crippen molar-refractivity contribution in [2.24, 2.45) is 29.4 Å². The summed E-state index contributed by atoms with van der Waals surface area (Å²) in [6.45, 7) is 0.144. The summed E-state index contributed by atoms with van der Waals surface area (Å²) in [5.41, 5.74) is 6.24. The number of benzene rings is 1. The molecule has 0 saturated heterocycles. The van der Waals surface area contributed by atoms with Gasteiger partial charge in [-0.3, -0.25) is 4.79 Å². The molecule has 2 bridgehead atoms. The molecular formula is C21H25ClFN6O5S+. The lowest BCUT2D eigenvalue weighted by Gasteiger charge is -2.35. The van der Waals surface area contributed by atoms with Gasteiger partial charge >= 0.3 is 5.69 Å². The van der Waals surface area contributed by atoms with Crippen molar-refractivity contribution in [2.45, 2.75) is 24.6 Å². The fourth-order valence-corrected chi connectivity index (χ4v) is 6.63. The van der Waals surface area contributed by atoms with Crippen LogP contribution in [-0.4, -0.2) is 48.9 Å². The third-order valence-corrected chi connectivity index (χ3v) is 8.20. The maximum absolute atomic E-state index is 14.2. The van der Waals surface area contributed by atoms with Gasteiger partial charge < -0.3 is 11.1 Å². The summed E-state index contributed by atoms with van der Waals surface area (Å²) in [6.07, 6.45) is 2.19. The third-order valence-electron chi connectivity index (χ3n) is 6.70.